The molecule has 0 bridgehead atoms. The molecule has 172 valence electrons. The van der Waals surface area contributed by atoms with Crippen molar-refractivity contribution >= 4 is 22.4 Å². The summed E-state index contributed by atoms with van der Waals surface area (Å²) in [6, 6.07) is 10.2. The average Bonchev–Trinajstić information content (AvgIpc) is 3.23. The first-order valence-electron chi connectivity index (χ1n) is 11.6. The number of carbonyl (C=O) groups excluding carboxylic acids is 1. The summed E-state index contributed by atoms with van der Waals surface area (Å²) < 4.78 is 25.0. The smallest absolute Gasteiger partial charge is 0.244 e. The summed E-state index contributed by atoms with van der Waals surface area (Å²) in [6.07, 6.45) is 11.3. The van der Waals surface area contributed by atoms with Crippen LogP contribution in [0.3, 0.4) is 0 Å². The number of amides is 1. The second kappa shape index (κ2) is 10.5. The first-order chi connectivity index (χ1) is 16.0. The molecule has 0 unspecified atom stereocenters. The van der Waals surface area contributed by atoms with Crippen LogP contribution in [0.4, 0.5) is 4.39 Å². The van der Waals surface area contributed by atoms with Gasteiger partial charge in [-0.25, -0.2) is 4.39 Å². The highest BCUT2D eigenvalue weighted by molar-refractivity contribution is 6.00. The summed E-state index contributed by atoms with van der Waals surface area (Å²) in [5.41, 5.74) is 5.49. The van der Waals surface area contributed by atoms with Gasteiger partial charge in [0.2, 0.25) is 5.91 Å². The third-order valence-electron chi connectivity index (χ3n) is 6.03. The molecule has 1 heterocycles. The van der Waals surface area contributed by atoms with Gasteiger partial charge in [0, 0.05) is 35.2 Å². The quantitative estimate of drug-likeness (QED) is 0.297. The predicted octanol–water partition coefficient (Wildman–Crippen LogP) is 7.05. The van der Waals surface area contributed by atoms with E-state index in [1.165, 1.54) is 30.5 Å². The van der Waals surface area contributed by atoms with E-state index in [2.05, 4.69) is 11.4 Å². The molecule has 0 atom stereocenters. The number of carbonyl (C=O) groups is 1. The van der Waals surface area contributed by atoms with Gasteiger partial charge < -0.3 is 14.5 Å². The fraction of sp³-hybridized carbons (Fsp3) is 0.321. The van der Waals surface area contributed by atoms with E-state index in [9.17, 15) is 9.18 Å². The molecule has 0 spiro atoms. The molecule has 0 aliphatic heterocycles. The van der Waals surface area contributed by atoms with E-state index in [0.717, 1.165) is 46.9 Å². The summed E-state index contributed by atoms with van der Waals surface area (Å²) in [4.78, 5) is 12.6. The molecule has 1 N–H and O–H groups in total. The lowest BCUT2D eigenvalue weighted by Crippen LogP contribution is -2.23. The zero-order chi connectivity index (χ0) is 23.2. The summed E-state index contributed by atoms with van der Waals surface area (Å²) in [7, 11) is 0. The molecule has 5 heteroatoms. The zero-order valence-electron chi connectivity index (χ0n) is 19.2. The lowest BCUT2D eigenvalue weighted by atomic mass is 9.97. The fourth-order valence-corrected chi connectivity index (χ4v) is 4.29. The van der Waals surface area contributed by atoms with Crippen molar-refractivity contribution in [2.75, 3.05) is 13.2 Å². The van der Waals surface area contributed by atoms with Crippen LogP contribution in [-0.4, -0.2) is 19.1 Å². The van der Waals surface area contributed by atoms with Crippen molar-refractivity contribution in [1.82, 2.24) is 5.32 Å². The second-order valence-corrected chi connectivity index (χ2v) is 8.41. The maximum Gasteiger partial charge on any atom is 0.244 e. The Balaban J connectivity index is 1.58. The van der Waals surface area contributed by atoms with Crippen molar-refractivity contribution in [3.63, 3.8) is 0 Å². The van der Waals surface area contributed by atoms with Crippen LogP contribution in [0.5, 0.6) is 5.75 Å². The predicted molar refractivity (Wildman–Crippen MR) is 131 cm³/mol. The van der Waals surface area contributed by atoms with Crippen LogP contribution in [0.2, 0.25) is 0 Å². The Morgan fingerprint density at radius 1 is 1.21 bits per heavy atom. The number of fused-ring (bicyclic) bond motifs is 1. The van der Waals surface area contributed by atoms with Crippen molar-refractivity contribution < 1.29 is 18.3 Å². The number of halogens is 1. The van der Waals surface area contributed by atoms with Crippen LogP contribution in [0.15, 0.2) is 64.8 Å². The Morgan fingerprint density at radius 2 is 2.03 bits per heavy atom. The third-order valence-corrected chi connectivity index (χ3v) is 6.03. The van der Waals surface area contributed by atoms with Crippen molar-refractivity contribution in [1.29, 1.82) is 0 Å². The molecular weight excluding hydrogens is 417 g/mol. The second-order valence-electron chi connectivity index (χ2n) is 8.41. The molecule has 0 saturated heterocycles. The van der Waals surface area contributed by atoms with Crippen LogP contribution in [-0.2, 0) is 4.79 Å². The number of ether oxygens (including phenoxy) is 1. The average molecular weight is 448 g/mol. The van der Waals surface area contributed by atoms with Gasteiger partial charge >= 0.3 is 0 Å². The lowest BCUT2D eigenvalue weighted by molar-refractivity contribution is -0.116. The van der Waals surface area contributed by atoms with Gasteiger partial charge in [-0.1, -0.05) is 23.8 Å². The van der Waals surface area contributed by atoms with Gasteiger partial charge in [0.1, 0.15) is 17.1 Å². The molecule has 1 aliphatic rings. The summed E-state index contributed by atoms with van der Waals surface area (Å²) in [6.45, 7) is 4.97. The van der Waals surface area contributed by atoms with Gasteiger partial charge in [0.15, 0.2) is 0 Å². The largest absolute Gasteiger partial charge is 0.493 e. The SMILES string of the molecule is CCOc1cc2occ(-c3ccc(F)cc3)c2cc1/C(C)=C/C(=O)NCCC1=CCCCC1. The van der Waals surface area contributed by atoms with E-state index in [4.69, 9.17) is 9.15 Å². The molecule has 3 aromatic rings. The Morgan fingerprint density at radius 3 is 2.76 bits per heavy atom. The minimum absolute atomic E-state index is 0.114. The van der Waals surface area contributed by atoms with Crippen LogP contribution in [0.25, 0.3) is 27.7 Å². The number of hydrogen-bond donors (Lipinski definition) is 1. The molecule has 4 rings (SSSR count). The molecule has 1 aromatic heterocycles. The molecule has 0 saturated carbocycles. The summed E-state index contributed by atoms with van der Waals surface area (Å²) in [5.74, 6) is 0.270. The van der Waals surface area contributed by atoms with Crippen molar-refractivity contribution in [3.05, 3.63) is 71.8 Å². The number of rotatable bonds is 8. The number of allylic oxidation sites excluding steroid dienone is 2. The molecule has 1 amide bonds. The van der Waals surface area contributed by atoms with E-state index in [0.29, 0.717) is 24.5 Å². The van der Waals surface area contributed by atoms with Crippen LogP contribution < -0.4 is 10.1 Å². The Kier molecular flexibility index (Phi) is 7.28. The minimum atomic E-state index is -0.282. The van der Waals surface area contributed by atoms with E-state index in [-0.39, 0.29) is 11.7 Å². The van der Waals surface area contributed by atoms with Gasteiger partial charge in [-0.3, -0.25) is 4.79 Å². The van der Waals surface area contributed by atoms with Gasteiger partial charge in [-0.05, 0) is 75.3 Å². The first-order valence-corrected chi connectivity index (χ1v) is 11.6. The first kappa shape index (κ1) is 22.8. The maximum atomic E-state index is 13.4. The Labute approximate surface area is 194 Å². The van der Waals surface area contributed by atoms with Crippen molar-refractivity contribution in [2.45, 2.75) is 46.0 Å². The van der Waals surface area contributed by atoms with Crippen LogP contribution in [0.1, 0.15) is 51.5 Å². The van der Waals surface area contributed by atoms with Crippen molar-refractivity contribution in [2.24, 2.45) is 0 Å². The highest BCUT2D eigenvalue weighted by Crippen LogP contribution is 2.37. The number of nitrogens with one attached hydrogen (secondary N) is 1. The number of hydrogen-bond acceptors (Lipinski definition) is 3. The van der Waals surface area contributed by atoms with E-state index < -0.39 is 0 Å². The highest BCUT2D eigenvalue weighted by atomic mass is 19.1. The Hall–Kier alpha value is -3.34. The maximum absolute atomic E-state index is 13.4. The fourth-order valence-electron chi connectivity index (χ4n) is 4.29. The van der Waals surface area contributed by atoms with Crippen LogP contribution >= 0.6 is 0 Å². The molecule has 4 nitrogen and oxygen atoms in total. The van der Waals surface area contributed by atoms with Gasteiger partial charge in [0.25, 0.3) is 0 Å². The van der Waals surface area contributed by atoms with Gasteiger partial charge in [0.05, 0.1) is 12.9 Å². The van der Waals surface area contributed by atoms with E-state index in [1.54, 1.807) is 24.5 Å². The highest BCUT2D eigenvalue weighted by Gasteiger charge is 2.15. The zero-order valence-corrected chi connectivity index (χ0v) is 19.2. The van der Waals surface area contributed by atoms with E-state index >= 15 is 0 Å². The molecular formula is C28H30FNO3. The standard InChI is InChI=1S/C28H30FNO3/c1-3-32-26-17-27-24(25(18-33-27)21-9-11-22(29)12-10-21)16-23(26)19(2)15-28(31)30-14-13-20-7-5-4-6-8-20/h7,9-12,15-18H,3-6,8,13-14H2,1-2H3,(H,30,31)/b19-15+. The molecule has 0 fully saturated rings. The lowest BCUT2D eigenvalue weighted by Gasteiger charge is -2.13. The number of furan rings is 1. The molecule has 33 heavy (non-hydrogen) atoms. The Bertz CT molecular complexity index is 1190. The monoisotopic (exact) mass is 447 g/mol. The van der Waals surface area contributed by atoms with Gasteiger partial charge in [-0.15, -0.1) is 0 Å². The summed E-state index contributed by atoms with van der Waals surface area (Å²) in [5, 5.41) is 3.89. The normalized spacial score (nSPS) is 14.3. The molecule has 1 aliphatic carbocycles. The molecule has 0 radical (unpaired) electrons. The molecule has 2 aromatic carbocycles. The third kappa shape index (κ3) is 5.54. The van der Waals surface area contributed by atoms with Crippen LogP contribution in [0, 0.1) is 5.82 Å². The van der Waals surface area contributed by atoms with Crippen molar-refractivity contribution in [3.8, 4) is 16.9 Å². The minimum Gasteiger partial charge on any atom is -0.493 e. The summed E-state index contributed by atoms with van der Waals surface area (Å²) >= 11 is 0. The van der Waals surface area contributed by atoms with E-state index in [1.807, 2.05) is 26.0 Å². The number of benzene rings is 2. The van der Waals surface area contributed by atoms with Gasteiger partial charge in [-0.2, -0.15) is 0 Å². The topological polar surface area (TPSA) is 51.5 Å².